The van der Waals surface area contributed by atoms with Crippen LogP contribution in [0.4, 0.5) is 4.39 Å². The van der Waals surface area contributed by atoms with Gasteiger partial charge in [-0.2, -0.15) is 5.10 Å². The first kappa shape index (κ1) is 16.8. The molecule has 8 heteroatoms. The van der Waals surface area contributed by atoms with Crippen LogP contribution in [0.5, 0.6) is 0 Å². The number of amides is 1. The van der Waals surface area contributed by atoms with Gasteiger partial charge in [-0.15, -0.1) is 0 Å². The van der Waals surface area contributed by atoms with Gasteiger partial charge < -0.3 is 9.88 Å². The zero-order valence-corrected chi connectivity index (χ0v) is 14.8. The fourth-order valence-electron chi connectivity index (χ4n) is 2.98. The molecule has 0 atom stereocenters. The van der Waals surface area contributed by atoms with Crippen LogP contribution in [0.3, 0.4) is 0 Å². The molecule has 0 spiro atoms. The second-order valence-electron chi connectivity index (χ2n) is 6.46. The molecule has 1 aliphatic carbocycles. The molecule has 1 aromatic carbocycles. The maximum absolute atomic E-state index is 13.9. The van der Waals surface area contributed by atoms with Crippen molar-refractivity contribution in [3.05, 3.63) is 62.9 Å². The molecule has 0 saturated heterocycles. The summed E-state index contributed by atoms with van der Waals surface area (Å²) >= 11 is 5.88. The molecule has 1 fully saturated rings. The number of carbonyl (C=O) groups excluding carboxylic acids is 1. The Bertz CT molecular complexity index is 1080. The van der Waals surface area contributed by atoms with E-state index < -0.39 is 17.2 Å². The van der Waals surface area contributed by atoms with Crippen LogP contribution in [0, 0.1) is 5.82 Å². The predicted octanol–water partition coefficient (Wildman–Crippen LogP) is 2.79. The van der Waals surface area contributed by atoms with Gasteiger partial charge in [-0.25, -0.2) is 4.39 Å². The number of halogens is 2. The van der Waals surface area contributed by atoms with Crippen molar-refractivity contribution in [1.29, 1.82) is 0 Å². The monoisotopic (exact) mass is 374 g/mol. The van der Waals surface area contributed by atoms with E-state index in [1.807, 2.05) is 4.57 Å². The third-order valence-electron chi connectivity index (χ3n) is 4.46. The number of carbonyl (C=O) groups is 1. The van der Waals surface area contributed by atoms with E-state index in [1.54, 1.807) is 30.2 Å². The maximum Gasteiger partial charge on any atom is 0.257 e. The minimum atomic E-state index is -0.676. The van der Waals surface area contributed by atoms with Crippen molar-refractivity contribution < 1.29 is 9.18 Å². The summed E-state index contributed by atoms with van der Waals surface area (Å²) in [6.45, 7) is 0.204. The Morgan fingerprint density at radius 1 is 1.42 bits per heavy atom. The molecule has 26 heavy (non-hydrogen) atoms. The third kappa shape index (κ3) is 2.99. The summed E-state index contributed by atoms with van der Waals surface area (Å²) in [5.41, 5.74) is 0.709. The van der Waals surface area contributed by atoms with Crippen LogP contribution in [0.1, 0.15) is 34.9 Å². The largest absolute Gasteiger partial charge is 0.346 e. The van der Waals surface area contributed by atoms with Gasteiger partial charge in [0, 0.05) is 30.9 Å². The molecule has 2 heterocycles. The highest BCUT2D eigenvalue weighted by atomic mass is 35.5. The van der Waals surface area contributed by atoms with Crippen LogP contribution >= 0.6 is 11.6 Å². The minimum Gasteiger partial charge on any atom is -0.346 e. The highest BCUT2D eigenvalue weighted by molar-refractivity contribution is 6.31. The van der Waals surface area contributed by atoms with E-state index in [0.29, 0.717) is 11.2 Å². The van der Waals surface area contributed by atoms with Crippen molar-refractivity contribution >= 4 is 28.4 Å². The number of nitrogens with zero attached hydrogens (tertiary/aromatic N) is 3. The first-order chi connectivity index (χ1) is 12.4. The Morgan fingerprint density at radius 3 is 2.85 bits per heavy atom. The number of fused-ring (bicyclic) bond motifs is 1. The molecule has 1 amide bonds. The van der Waals surface area contributed by atoms with Crippen molar-refractivity contribution in [3.63, 3.8) is 0 Å². The van der Waals surface area contributed by atoms with Gasteiger partial charge in [0.2, 0.25) is 5.43 Å². The molecular formula is C18H16ClFN4O2. The summed E-state index contributed by atoms with van der Waals surface area (Å²) in [4.78, 5) is 25.3. The normalized spacial score (nSPS) is 14.0. The molecule has 0 unspecified atom stereocenters. The lowest BCUT2D eigenvalue weighted by Crippen LogP contribution is -2.29. The second-order valence-corrected chi connectivity index (χ2v) is 6.86. The summed E-state index contributed by atoms with van der Waals surface area (Å²) in [5, 5.41) is 6.99. The zero-order chi connectivity index (χ0) is 18.4. The van der Waals surface area contributed by atoms with Gasteiger partial charge in [0.25, 0.3) is 5.91 Å². The van der Waals surface area contributed by atoms with Crippen LogP contribution in [-0.2, 0) is 13.6 Å². The van der Waals surface area contributed by atoms with Gasteiger partial charge in [0.15, 0.2) is 0 Å². The minimum absolute atomic E-state index is 0.0120. The lowest BCUT2D eigenvalue weighted by Gasteiger charge is -2.13. The molecule has 0 aliphatic heterocycles. The van der Waals surface area contributed by atoms with E-state index in [-0.39, 0.29) is 28.6 Å². The molecule has 2 aromatic heterocycles. The number of nitrogens with one attached hydrogen (secondary N) is 1. The maximum atomic E-state index is 13.9. The Morgan fingerprint density at radius 2 is 2.19 bits per heavy atom. The summed E-state index contributed by atoms with van der Waals surface area (Å²) in [7, 11) is 1.78. The number of hydrogen-bond acceptors (Lipinski definition) is 3. The molecule has 0 radical (unpaired) electrons. The molecule has 4 rings (SSSR count). The van der Waals surface area contributed by atoms with E-state index in [4.69, 9.17) is 11.6 Å². The highest BCUT2D eigenvalue weighted by Crippen LogP contribution is 2.37. The molecule has 1 saturated carbocycles. The molecule has 1 aliphatic rings. The lowest BCUT2D eigenvalue weighted by atomic mass is 10.1. The van der Waals surface area contributed by atoms with Crippen LogP contribution in [0.25, 0.3) is 10.9 Å². The third-order valence-corrected chi connectivity index (χ3v) is 4.75. The smallest absolute Gasteiger partial charge is 0.257 e. The standard InChI is InChI=1S/C18H16ClFN4O2/c1-23-5-4-10(22-23)8-21-18(26)13-9-24(11-2-3-11)16-7-14(19)15(20)6-12(16)17(13)25/h4-7,9,11H,2-3,8H2,1H3,(H,21,26). The molecule has 3 aromatic rings. The number of hydrogen-bond donors (Lipinski definition) is 1. The number of benzene rings is 1. The summed E-state index contributed by atoms with van der Waals surface area (Å²) in [6.07, 6.45) is 5.21. The average Bonchev–Trinajstić information content (AvgIpc) is 3.36. The Balaban J connectivity index is 1.74. The molecular weight excluding hydrogens is 359 g/mol. The molecule has 6 nitrogen and oxygen atoms in total. The zero-order valence-electron chi connectivity index (χ0n) is 14.0. The van der Waals surface area contributed by atoms with Gasteiger partial charge >= 0.3 is 0 Å². The average molecular weight is 375 g/mol. The SMILES string of the molecule is Cn1ccc(CNC(=O)c2cn(C3CC3)c3cc(Cl)c(F)cc3c2=O)n1. The Labute approximate surface area is 153 Å². The molecule has 134 valence electrons. The predicted molar refractivity (Wildman–Crippen MR) is 95.8 cm³/mol. The van der Waals surface area contributed by atoms with E-state index in [0.717, 1.165) is 18.9 Å². The molecule has 0 bridgehead atoms. The van der Waals surface area contributed by atoms with Gasteiger partial charge in [-0.1, -0.05) is 11.6 Å². The van der Waals surface area contributed by atoms with Crippen molar-refractivity contribution in [2.45, 2.75) is 25.4 Å². The summed E-state index contributed by atoms with van der Waals surface area (Å²) in [6, 6.07) is 4.53. The van der Waals surface area contributed by atoms with Crippen molar-refractivity contribution in [2.24, 2.45) is 7.05 Å². The Kier molecular flexibility index (Phi) is 4.03. The first-order valence-corrected chi connectivity index (χ1v) is 8.62. The van der Waals surface area contributed by atoms with Crippen LogP contribution in [0.2, 0.25) is 5.02 Å². The summed E-state index contributed by atoms with van der Waals surface area (Å²) < 4.78 is 17.4. The van der Waals surface area contributed by atoms with E-state index in [1.165, 1.54) is 6.07 Å². The van der Waals surface area contributed by atoms with Crippen molar-refractivity contribution in [1.82, 2.24) is 19.7 Å². The fourth-order valence-corrected chi connectivity index (χ4v) is 3.14. The Hall–Kier alpha value is -2.67. The van der Waals surface area contributed by atoms with Crippen molar-refractivity contribution in [3.8, 4) is 0 Å². The van der Waals surface area contributed by atoms with Gasteiger partial charge in [0.1, 0.15) is 11.4 Å². The number of rotatable bonds is 4. The first-order valence-electron chi connectivity index (χ1n) is 8.24. The topological polar surface area (TPSA) is 68.9 Å². The van der Waals surface area contributed by atoms with Crippen LogP contribution < -0.4 is 10.7 Å². The number of pyridine rings is 1. The van der Waals surface area contributed by atoms with Crippen molar-refractivity contribution in [2.75, 3.05) is 0 Å². The lowest BCUT2D eigenvalue weighted by molar-refractivity contribution is 0.0948. The van der Waals surface area contributed by atoms with Gasteiger partial charge in [0.05, 0.1) is 22.8 Å². The molecule has 1 N–H and O–H groups in total. The quantitative estimate of drug-likeness (QED) is 0.763. The fraction of sp³-hybridized carbons (Fsp3) is 0.278. The summed E-state index contributed by atoms with van der Waals surface area (Å²) in [5.74, 6) is -1.18. The van der Waals surface area contributed by atoms with Crippen LogP contribution in [0.15, 0.2) is 35.4 Å². The van der Waals surface area contributed by atoms with Crippen LogP contribution in [-0.4, -0.2) is 20.3 Å². The van der Waals surface area contributed by atoms with E-state index in [2.05, 4.69) is 10.4 Å². The van der Waals surface area contributed by atoms with Gasteiger partial charge in [-0.05, 0) is 31.0 Å². The van der Waals surface area contributed by atoms with E-state index >= 15 is 0 Å². The van der Waals surface area contributed by atoms with Gasteiger partial charge in [-0.3, -0.25) is 14.3 Å². The number of aryl methyl sites for hydroxylation is 1. The second kappa shape index (κ2) is 6.25. The van der Waals surface area contributed by atoms with E-state index in [9.17, 15) is 14.0 Å². The number of aromatic nitrogens is 3. The highest BCUT2D eigenvalue weighted by Gasteiger charge is 2.27.